The van der Waals surface area contributed by atoms with Gasteiger partial charge in [0.15, 0.2) is 0 Å². The highest BCUT2D eigenvalue weighted by atomic mass is 15.4. The molecule has 0 heterocycles. The predicted octanol–water partition coefficient (Wildman–Crippen LogP) is 5.96. The van der Waals surface area contributed by atoms with Crippen molar-refractivity contribution in [3.63, 3.8) is 0 Å². The van der Waals surface area contributed by atoms with Gasteiger partial charge in [0.25, 0.3) is 0 Å². The summed E-state index contributed by atoms with van der Waals surface area (Å²) in [5.74, 6) is 0. The second kappa shape index (κ2) is 10.00. The van der Waals surface area contributed by atoms with Gasteiger partial charge < -0.3 is 4.48 Å². The Bertz CT molecular complexity index is 336. The molecular formula is C20H36N+. The van der Waals surface area contributed by atoms with Crippen molar-refractivity contribution in [1.29, 1.82) is 0 Å². The predicted molar refractivity (Wildman–Crippen MR) is 94.4 cm³/mol. The van der Waals surface area contributed by atoms with Crippen molar-refractivity contribution in [2.45, 2.75) is 72.3 Å². The fraction of sp³-hybridized carbons (Fsp3) is 0.700. The lowest BCUT2D eigenvalue weighted by Gasteiger charge is -2.44. The number of benzene rings is 1. The second-order valence-corrected chi connectivity index (χ2v) is 6.54. The summed E-state index contributed by atoms with van der Waals surface area (Å²) in [4.78, 5) is 0. The van der Waals surface area contributed by atoms with Crippen molar-refractivity contribution in [2.24, 2.45) is 0 Å². The Labute approximate surface area is 133 Å². The molecule has 0 saturated heterocycles. The molecule has 1 aromatic carbocycles. The molecule has 0 bridgehead atoms. The van der Waals surface area contributed by atoms with E-state index < -0.39 is 0 Å². The molecule has 0 aliphatic carbocycles. The van der Waals surface area contributed by atoms with E-state index >= 15 is 0 Å². The van der Waals surface area contributed by atoms with Gasteiger partial charge in [-0.3, -0.25) is 0 Å². The molecule has 0 fully saturated rings. The van der Waals surface area contributed by atoms with E-state index in [0.29, 0.717) is 6.04 Å². The molecule has 120 valence electrons. The smallest absolute Gasteiger partial charge is 0.112 e. The molecule has 1 rings (SSSR count). The van der Waals surface area contributed by atoms with Gasteiger partial charge in [0.2, 0.25) is 0 Å². The largest absolute Gasteiger partial charge is 0.318 e. The summed E-state index contributed by atoms with van der Waals surface area (Å²) in [6, 6.07) is 11.8. The van der Waals surface area contributed by atoms with Crippen molar-refractivity contribution < 1.29 is 4.48 Å². The number of hydrogen-bond acceptors (Lipinski definition) is 0. The van der Waals surface area contributed by atoms with E-state index in [1.54, 1.807) is 0 Å². The third kappa shape index (κ3) is 5.47. The van der Waals surface area contributed by atoms with Gasteiger partial charge in [-0.15, -0.1) is 0 Å². The lowest BCUT2D eigenvalue weighted by molar-refractivity contribution is -0.956. The zero-order valence-corrected chi connectivity index (χ0v) is 14.8. The maximum Gasteiger partial charge on any atom is 0.112 e. The van der Waals surface area contributed by atoms with Crippen LogP contribution in [0.1, 0.15) is 77.8 Å². The Balaban J connectivity index is 2.99. The summed E-state index contributed by atoms with van der Waals surface area (Å²) in [6.07, 6.45) is 7.97. The zero-order chi connectivity index (χ0) is 15.6. The highest BCUT2D eigenvalue weighted by Gasteiger charge is 2.33. The van der Waals surface area contributed by atoms with Crippen molar-refractivity contribution in [3.8, 4) is 0 Å². The first kappa shape index (κ1) is 18.2. The molecule has 0 spiro atoms. The summed E-state index contributed by atoms with van der Waals surface area (Å²) < 4.78 is 1.29. The number of nitrogens with zero attached hydrogens (tertiary/aromatic N) is 1. The molecule has 0 saturated carbocycles. The van der Waals surface area contributed by atoms with Gasteiger partial charge in [-0.1, -0.05) is 70.4 Å². The Morgan fingerprint density at radius 3 is 1.57 bits per heavy atom. The average molecular weight is 291 g/mol. The first-order valence-electron chi connectivity index (χ1n) is 9.10. The van der Waals surface area contributed by atoms with E-state index in [0.717, 1.165) is 0 Å². The molecule has 1 unspecified atom stereocenters. The lowest BCUT2D eigenvalue weighted by Crippen LogP contribution is -2.51. The van der Waals surface area contributed by atoms with E-state index in [4.69, 9.17) is 0 Å². The average Bonchev–Trinajstić information content (AvgIpc) is 2.55. The fourth-order valence-corrected chi connectivity index (χ4v) is 3.38. The molecule has 1 atom stereocenters. The molecule has 1 aromatic rings. The lowest BCUT2D eigenvalue weighted by atomic mass is 10.0. The minimum atomic E-state index is 0.621. The second-order valence-electron chi connectivity index (χ2n) is 6.54. The van der Waals surface area contributed by atoms with Crippen LogP contribution in [0.25, 0.3) is 0 Å². The van der Waals surface area contributed by atoms with Crippen LogP contribution < -0.4 is 0 Å². The first-order valence-corrected chi connectivity index (χ1v) is 9.10. The molecule has 0 aliphatic heterocycles. The molecule has 21 heavy (non-hydrogen) atoms. The highest BCUT2D eigenvalue weighted by Crippen LogP contribution is 2.31. The number of unbranched alkanes of at least 4 members (excludes halogenated alkanes) is 3. The number of hydrogen-bond donors (Lipinski definition) is 0. The minimum absolute atomic E-state index is 0.621. The van der Waals surface area contributed by atoms with Crippen molar-refractivity contribution in [1.82, 2.24) is 0 Å². The van der Waals surface area contributed by atoms with Crippen molar-refractivity contribution >= 4 is 0 Å². The van der Waals surface area contributed by atoms with E-state index in [2.05, 4.69) is 58.0 Å². The third-order valence-corrected chi connectivity index (χ3v) is 4.97. The highest BCUT2D eigenvalue weighted by molar-refractivity contribution is 5.16. The Kier molecular flexibility index (Phi) is 8.68. The Morgan fingerprint density at radius 2 is 1.19 bits per heavy atom. The van der Waals surface area contributed by atoms with E-state index in [1.807, 2.05) is 0 Å². The topological polar surface area (TPSA) is 0 Å². The maximum absolute atomic E-state index is 2.45. The van der Waals surface area contributed by atoms with Crippen LogP contribution in [0.5, 0.6) is 0 Å². The monoisotopic (exact) mass is 290 g/mol. The van der Waals surface area contributed by atoms with Crippen LogP contribution in [0, 0.1) is 0 Å². The number of quaternary nitrogens is 1. The molecule has 0 aliphatic rings. The van der Waals surface area contributed by atoms with Gasteiger partial charge in [0, 0.05) is 5.56 Å². The molecule has 0 aromatic heterocycles. The normalized spacial score (nSPS) is 13.3. The minimum Gasteiger partial charge on any atom is -0.318 e. The number of rotatable bonds is 11. The van der Waals surface area contributed by atoms with Crippen LogP contribution in [0.4, 0.5) is 0 Å². The third-order valence-electron chi connectivity index (χ3n) is 4.97. The Hall–Kier alpha value is -0.820. The van der Waals surface area contributed by atoms with Crippen LogP contribution >= 0.6 is 0 Å². The van der Waals surface area contributed by atoms with Gasteiger partial charge in [-0.2, -0.15) is 0 Å². The van der Waals surface area contributed by atoms with Crippen molar-refractivity contribution in [2.75, 3.05) is 19.6 Å². The molecular weight excluding hydrogens is 254 g/mol. The summed E-state index contributed by atoms with van der Waals surface area (Å²) in [7, 11) is 0. The Morgan fingerprint density at radius 1 is 0.762 bits per heavy atom. The van der Waals surface area contributed by atoms with E-state index in [1.165, 1.54) is 68.2 Å². The fourth-order valence-electron chi connectivity index (χ4n) is 3.38. The van der Waals surface area contributed by atoms with Crippen LogP contribution in [0.2, 0.25) is 0 Å². The summed E-state index contributed by atoms with van der Waals surface area (Å²) >= 11 is 0. The maximum atomic E-state index is 2.45. The van der Waals surface area contributed by atoms with Gasteiger partial charge in [-0.05, 0) is 26.2 Å². The summed E-state index contributed by atoms with van der Waals surface area (Å²) in [5, 5.41) is 0. The van der Waals surface area contributed by atoms with Crippen LogP contribution in [0.15, 0.2) is 30.3 Å². The van der Waals surface area contributed by atoms with Gasteiger partial charge in [0.05, 0.1) is 19.6 Å². The molecule has 0 amide bonds. The van der Waals surface area contributed by atoms with Gasteiger partial charge in [0.1, 0.15) is 6.04 Å². The quantitative estimate of drug-likeness (QED) is 0.441. The molecule has 0 N–H and O–H groups in total. The van der Waals surface area contributed by atoms with E-state index in [9.17, 15) is 0 Å². The first-order chi connectivity index (χ1) is 10.2. The van der Waals surface area contributed by atoms with Crippen molar-refractivity contribution in [3.05, 3.63) is 35.9 Å². The van der Waals surface area contributed by atoms with E-state index in [-0.39, 0.29) is 0 Å². The standard InChI is InChI=1S/C20H36N/c1-5-8-16-21(17-9-6-2,18-10-7-3)19(4)20-14-12-11-13-15-20/h11-15,19H,5-10,16-18H2,1-4H3/q+1. The van der Waals surface area contributed by atoms with Crippen LogP contribution in [0.3, 0.4) is 0 Å². The van der Waals surface area contributed by atoms with Crippen LogP contribution in [-0.2, 0) is 0 Å². The molecule has 1 nitrogen and oxygen atoms in total. The van der Waals surface area contributed by atoms with Gasteiger partial charge >= 0.3 is 0 Å². The SMILES string of the molecule is CCCC[N+](CCCC)(CCCC)C(C)c1ccccc1. The summed E-state index contributed by atoms with van der Waals surface area (Å²) in [5.41, 5.74) is 1.51. The van der Waals surface area contributed by atoms with Gasteiger partial charge in [-0.25, -0.2) is 0 Å². The zero-order valence-electron chi connectivity index (χ0n) is 14.8. The summed E-state index contributed by atoms with van der Waals surface area (Å²) in [6.45, 7) is 13.4. The molecule has 1 heteroatoms. The van der Waals surface area contributed by atoms with Crippen LogP contribution in [-0.4, -0.2) is 24.1 Å². The molecule has 0 radical (unpaired) electrons.